The first kappa shape index (κ1) is 38.5. The van der Waals surface area contributed by atoms with E-state index in [0.717, 1.165) is 45.0 Å². The van der Waals surface area contributed by atoms with Crippen LogP contribution in [0.3, 0.4) is 0 Å². The fourth-order valence-corrected chi connectivity index (χ4v) is 10.4. The molecule has 0 atom stereocenters. The first-order valence-corrected chi connectivity index (χ1v) is 22.6. The topological polar surface area (TPSA) is 8.17 Å². The number of rotatable bonds is 8. The third-order valence-electron chi connectivity index (χ3n) is 13.6. The molecule has 10 aromatic carbocycles. The zero-order valence-corrected chi connectivity index (χ0v) is 36.5. The van der Waals surface area contributed by atoms with Crippen molar-refractivity contribution in [3.8, 4) is 61.3 Å². The second kappa shape index (κ2) is 15.6. The van der Waals surface area contributed by atoms with Crippen LogP contribution in [-0.2, 0) is 5.41 Å². The summed E-state index contributed by atoms with van der Waals surface area (Å²) in [6.45, 7) is 4.74. The molecule has 11 aromatic rings. The summed E-state index contributed by atoms with van der Waals surface area (Å²) < 4.78 is 2.42. The Labute approximate surface area is 381 Å². The summed E-state index contributed by atoms with van der Waals surface area (Å²) in [7, 11) is 0. The van der Waals surface area contributed by atoms with Gasteiger partial charge in [-0.2, -0.15) is 0 Å². The number of hydrogen-bond acceptors (Lipinski definition) is 1. The van der Waals surface area contributed by atoms with Crippen LogP contribution in [0.1, 0.15) is 25.0 Å². The highest BCUT2D eigenvalue weighted by Crippen LogP contribution is 2.53. The first-order valence-electron chi connectivity index (χ1n) is 22.6. The normalized spacial score (nSPS) is 12.6. The van der Waals surface area contributed by atoms with Gasteiger partial charge >= 0.3 is 0 Å². The van der Waals surface area contributed by atoms with Crippen LogP contribution in [0.5, 0.6) is 0 Å². The highest BCUT2D eigenvalue weighted by atomic mass is 15.1. The highest BCUT2D eigenvalue weighted by molar-refractivity contribution is 6.09. The summed E-state index contributed by atoms with van der Waals surface area (Å²) in [6, 6.07) is 89.0. The Balaban J connectivity index is 1.11. The molecule has 0 saturated heterocycles. The van der Waals surface area contributed by atoms with Crippen molar-refractivity contribution in [2.75, 3.05) is 4.90 Å². The average Bonchev–Trinajstić information content (AvgIpc) is 3.83. The van der Waals surface area contributed by atoms with Gasteiger partial charge in [0.1, 0.15) is 0 Å². The lowest BCUT2D eigenvalue weighted by Crippen LogP contribution is -2.17. The van der Waals surface area contributed by atoms with Crippen LogP contribution in [-0.4, -0.2) is 4.57 Å². The second-order valence-electron chi connectivity index (χ2n) is 17.7. The van der Waals surface area contributed by atoms with E-state index in [0.29, 0.717) is 0 Å². The summed E-state index contributed by atoms with van der Waals surface area (Å²) >= 11 is 0. The molecule has 0 N–H and O–H groups in total. The second-order valence-corrected chi connectivity index (χ2v) is 17.7. The van der Waals surface area contributed by atoms with Gasteiger partial charge in [0.15, 0.2) is 0 Å². The lowest BCUT2D eigenvalue weighted by Gasteiger charge is -2.32. The molecule has 12 rings (SSSR count). The molecule has 0 aliphatic heterocycles. The monoisotopic (exact) mass is 830 g/mol. The summed E-state index contributed by atoms with van der Waals surface area (Å²) in [5.41, 5.74) is 21.4. The molecule has 0 fully saturated rings. The van der Waals surface area contributed by atoms with Gasteiger partial charge in [-0.3, -0.25) is 0 Å². The minimum Gasteiger partial charge on any atom is -0.309 e. The molecule has 65 heavy (non-hydrogen) atoms. The molecule has 1 aliphatic carbocycles. The molecule has 0 bridgehead atoms. The van der Waals surface area contributed by atoms with Crippen LogP contribution in [0.4, 0.5) is 17.1 Å². The fraction of sp³-hybridized carbons (Fsp3) is 0.0476. The zero-order valence-electron chi connectivity index (χ0n) is 36.5. The van der Waals surface area contributed by atoms with Gasteiger partial charge in [-0.15, -0.1) is 0 Å². The number of nitrogens with zero attached hydrogens (tertiary/aromatic N) is 2. The van der Waals surface area contributed by atoms with Crippen molar-refractivity contribution in [1.82, 2.24) is 4.57 Å². The van der Waals surface area contributed by atoms with Crippen LogP contribution in [0.25, 0.3) is 83.1 Å². The Morgan fingerprint density at radius 1 is 0.323 bits per heavy atom. The van der Waals surface area contributed by atoms with Crippen molar-refractivity contribution in [3.63, 3.8) is 0 Å². The molecule has 0 radical (unpaired) electrons. The standard InChI is InChI=1S/C63H46N2/c1-63(2)57-27-15-12-24-51(57)52-37-35-50(42-58(52)63)65(61-38-34-48(40-55(61)46-20-8-4-9-21-46)45-32-30-44(31-33-45)43-18-6-3-7-19-43)62-39-36-49(41-56(62)47-22-10-5-11-23-47)64-59-28-16-13-25-53(59)54-26-14-17-29-60(54)64/h3-42H,1-2H3. The first-order chi connectivity index (χ1) is 32.0. The predicted octanol–water partition coefficient (Wildman–Crippen LogP) is 17.2. The van der Waals surface area contributed by atoms with Gasteiger partial charge in [0, 0.05) is 38.7 Å². The van der Waals surface area contributed by atoms with Gasteiger partial charge in [0.25, 0.3) is 0 Å². The Kier molecular flexibility index (Phi) is 9.21. The summed E-state index contributed by atoms with van der Waals surface area (Å²) in [5, 5.41) is 2.50. The van der Waals surface area contributed by atoms with Gasteiger partial charge in [-0.25, -0.2) is 0 Å². The molecule has 0 unspecified atom stereocenters. The number of para-hydroxylation sites is 2. The van der Waals surface area contributed by atoms with Gasteiger partial charge in [-0.1, -0.05) is 202 Å². The van der Waals surface area contributed by atoms with E-state index in [1.54, 1.807) is 0 Å². The van der Waals surface area contributed by atoms with Crippen molar-refractivity contribution in [3.05, 3.63) is 254 Å². The average molecular weight is 831 g/mol. The lowest BCUT2D eigenvalue weighted by molar-refractivity contribution is 0.660. The van der Waals surface area contributed by atoms with Gasteiger partial charge in [0.2, 0.25) is 0 Å². The van der Waals surface area contributed by atoms with E-state index in [1.807, 2.05) is 0 Å². The molecule has 0 spiro atoms. The molecule has 1 aliphatic rings. The summed E-state index contributed by atoms with van der Waals surface area (Å²) in [4.78, 5) is 2.52. The number of anilines is 3. The van der Waals surface area contributed by atoms with E-state index in [9.17, 15) is 0 Å². The van der Waals surface area contributed by atoms with Crippen LogP contribution in [0.2, 0.25) is 0 Å². The van der Waals surface area contributed by atoms with Crippen molar-refractivity contribution in [2.24, 2.45) is 0 Å². The van der Waals surface area contributed by atoms with Gasteiger partial charge in [0.05, 0.1) is 22.4 Å². The number of aromatic nitrogens is 1. The molecular formula is C63H46N2. The van der Waals surface area contributed by atoms with E-state index < -0.39 is 0 Å². The maximum absolute atomic E-state index is 2.52. The molecule has 2 nitrogen and oxygen atoms in total. The molecular weight excluding hydrogens is 785 g/mol. The number of benzene rings is 10. The summed E-state index contributed by atoms with van der Waals surface area (Å²) in [6.07, 6.45) is 0. The van der Waals surface area contributed by atoms with E-state index in [2.05, 4.69) is 266 Å². The smallest absolute Gasteiger partial charge is 0.0541 e. The van der Waals surface area contributed by atoms with Crippen LogP contribution < -0.4 is 4.90 Å². The van der Waals surface area contributed by atoms with Gasteiger partial charge in [-0.05, 0) is 110 Å². The maximum atomic E-state index is 2.52. The third kappa shape index (κ3) is 6.49. The van der Waals surface area contributed by atoms with Crippen molar-refractivity contribution < 1.29 is 0 Å². The highest BCUT2D eigenvalue weighted by Gasteiger charge is 2.36. The van der Waals surface area contributed by atoms with Crippen molar-refractivity contribution in [1.29, 1.82) is 0 Å². The largest absolute Gasteiger partial charge is 0.309 e. The quantitative estimate of drug-likeness (QED) is 0.148. The van der Waals surface area contributed by atoms with Crippen molar-refractivity contribution >= 4 is 38.9 Å². The fourth-order valence-electron chi connectivity index (χ4n) is 10.4. The minimum atomic E-state index is -0.172. The van der Waals surface area contributed by atoms with E-state index in [1.165, 1.54) is 66.3 Å². The van der Waals surface area contributed by atoms with Crippen molar-refractivity contribution in [2.45, 2.75) is 19.3 Å². The Morgan fingerprint density at radius 2 is 0.785 bits per heavy atom. The third-order valence-corrected chi connectivity index (χ3v) is 13.6. The lowest BCUT2D eigenvalue weighted by atomic mass is 9.82. The molecule has 2 heteroatoms. The van der Waals surface area contributed by atoms with E-state index >= 15 is 0 Å². The zero-order chi connectivity index (χ0) is 43.5. The van der Waals surface area contributed by atoms with E-state index in [-0.39, 0.29) is 5.41 Å². The Morgan fingerprint density at radius 3 is 1.42 bits per heavy atom. The predicted molar refractivity (Wildman–Crippen MR) is 275 cm³/mol. The molecule has 308 valence electrons. The molecule has 0 amide bonds. The minimum absolute atomic E-state index is 0.172. The Hall–Kier alpha value is -8.20. The van der Waals surface area contributed by atoms with Crippen LogP contribution in [0, 0.1) is 0 Å². The molecule has 0 saturated carbocycles. The Bertz CT molecular complexity index is 3490. The summed E-state index contributed by atoms with van der Waals surface area (Å²) in [5.74, 6) is 0. The van der Waals surface area contributed by atoms with Crippen LogP contribution in [0.15, 0.2) is 243 Å². The number of hydrogen-bond donors (Lipinski definition) is 0. The molecule has 1 heterocycles. The van der Waals surface area contributed by atoms with E-state index in [4.69, 9.17) is 0 Å². The van der Waals surface area contributed by atoms with Crippen LogP contribution >= 0.6 is 0 Å². The SMILES string of the molecule is CC1(C)c2ccccc2-c2ccc(N(c3ccc(-c4ccc(-c5ccccc5)cc4)cc3-c3ccccc3)c3ccc(-n4c5ccccc5c5ccccc54)cc3-c3ccccc3)cc21. The molecule has 1 aromatic heterocycles. The maximum Gasteiger partial charge on any atom is 0.0541 e. The van der Waals surface area contributed by atoms with Gasteiger partial charge < -0.3 is 9.47 Å². The number of fused-ring (bicyclic) bond motifs is 6.